The van der Waals surface area contributed by atoms with Crippen LogP contribution in [0.1, 0.15) is 18.4 Å². The van der Waals surface area contributed by atoms with Gasteiger partial charge < -0.3 is 15.5 Å². The van der Waals surface area contributed by atoms with Crippen LogP contribution >= 0.6 is 34.8 Å². The van der Waals surface area contributed by atoms with Crippen molar-refractivity contribution in [1.82, 2.24) is 10.6 Å². The van der Waals surface area contributed by atoms with E-state index in [-0.39, 0.29) is 0 Å². The molecule has 3 aromatic carbocycles. The molecule has 3 aromatic rings. The van der Waals surface area contributed by atoms with Crippen molar-refractivity contribution < 1.29 is 0 Å². The van der Waals surface area contributed by atoms with Crippen molar-refractivity contribution in [2.45, 2.75) is 25.4 Å². The van der Waals surface area contributed by atoms with E-state index in [4.69, 9.17) is 34.8 Å². The van der Waals surface area contributed by atoms with Crippen LogP contribution in [0.15, 0.2) is 54.6 Å². The van der Waals surface area contributed by atoms with Crippen LogP contribution in [-0.4, -0.2) is 25.8 Å². The largest absolute Gasteiger partial charge is 0.382 e. The fourth-order valence-electron chi connectivity index (χ4n) is 4.61. The van der Waals surface area contributed by atoms with Gasteiger partial charge in [0.15, 0.2) is 0 Å². The van der Waals surface area contributed by atoms with Gasteiger partial charge in [-0.1, -0.05) is 59.1 Å². The minimum Gasteiger partial charge on any atom is -0.382 e. The van der Waals surface area contributed by atoms with Gasteiger partial charge in [-0.05, 0) is 67.4 Å². The first-order chi connectivity index (χ1) is 15.6. The number of anilines is 3. The Hall–Kier alpha value is -1.95. The molecule has 0 aliphatic carbocycles. The minimum absolute atomic E-state index is 0.437. The van der Waals surface area contributed by atoms with Crippen molar-refractivity contribution in [1.29, 1.82) is 0 Å². The summed E-state index contributed by atoms with van der Waals surface area (Å²) in [7, 11) is 0. The van der Waals surface area contributed by atoms with Crippen LogP contribution < -0.4 is 20.9 Å². The fraction of sp³-hybridized carbons (Fsp3) is 0.280. The molecule has 32 heavy (non-hydrogen) atoms. The number of benzene rings is 3. The second-order valence-corrected chi connectivity index (χ2v) is 9.47. The highest BCUT2D eigenvalue weighted by molar-refractivity contribution is 6.39. The Morgan fingerprint density at radius 3 is 2.28 bits per heavy atom. The number of fused-ring (bicyclic) bond motifs is 1. The second kappa shape index (κ2) is 9.50. The van der Waals surface area contributed by atoms with Crippen molar-refractivity contribution in [2.24, 2.45) is 0 Å². The summed E-state index contributed by atoms with van der Waals surface area (Å²) in [6, 6.07) is 18.5. The standard InChI is InChI=1S/C25H25Cl3N4/c26-21-5-2-1-4-18(21)19-12-17(31-16-8-10-29-11-9-16)13-24-20(19)14-30-15-32(24)25-22(27)6-3-7-23(25)28/h1-7,12-13,16,29-31H,8-11,14-15H2. The maximum Gasteiger partial charge on any atom is 0.0800 e. The van der Waals surface area contributed by atoms with Gasteiger partial charge in [0.05, 0.1) is 22.4 Å². The summed E-state index contributed by atoms with van der Waals surface area (Å²) in [5, 5.41) is 12.7. The summed E-state index contributed by atoms with van der Waals surface area (Å²) in [4.78, 5) is 2.16. The SMILES string of the molecule is Clc1ccccc1-c1cc(NC2CCNCC2)cc2c1CNCN2c1c(Cl)cccc1Cl. The number of piperidine rings is 1. The molecule has 3 N–H and O–H groups in total. The molecule has 0 aromatic heterocycles. The molecule has 1 fully saturated rings. The van der Waals surface area contributed by atoms with Crippen LogP contribution in [0.2, 0.25) is 15.1 Å². The zero-order chi connectivity index (χ0) is 22.1. The summed E-state index contributed by atoms with van der Waals surface area (Å²) in [6.07, 6.45) is 2.19. The number of halogens is 3. The number of nitrogens with one attached hydrogen (secondary N) is 3. The predicted octanol–water partition coefficient (Wildman–Crippen LogP) is 6.68. The van der Waals surface area contributed by atoms with Gasteiger partial charge in [0, 0.05) is 34.5 Å². The average molecular weight is 488 g/mol. The molecule has 7 heteroatoms. The number of nitrogens with zero attached hydrogens (tertiary/aromatic N) is 1. The molecule has 0 radical (unpaired) electrons. The molecule has 0 spiro atoms. The Balaban J connectivity index is 1.66. The molecule has 0 unspecified atom stereocenters. The fourth-order valence-corrected chi connectivity index (χ4v) is 5.45. The van der Waals surface area contributed by atoms with E-state index in [1.807, 2.05) is 36.4 Å². The second-order valence-electron chi connectivity index (χ2n) is 8.25. The smallest absolute Gasteiger partial charge is 0.0800 e. The summed E-state index contributed by atoms with van der Waals surface area (Å²) in [6.45, 7) is 3.42. The third-order valence-corrected chi connectivity index (χ3v) is 7.11. The van der Waals surface area contributed by atoms with E-state index in [0.29, 0.717) is 22.8 Å². The molecule has 0 saturated carbocycles. The third kappa shape index (κ3) is 4.30. The monoisotopic (exact) mass is 486 g/mol. The Bertz CT molecular complexity index is 1110. The van der Waals surface area contributed by atoms with Crippen molar-refractivity contribution in [3.05, 3.63) is 75.2 Å². The summed E-state index contributed by atoms with van der Waals surface area (Å²) < 4.78 is 0. The van der Waals surface area contributed by atoms with Gasteiger partial charge in [0.25, 0.3) is 0 Å². The highest BCUT2D eigenvalue weighted by Crippen LogP contribution is 2.45. The molecular weight excluding hydrogens is 463 g/mol. The Morgan fingerprint density at radius 1 is 0.812 bits per heavy atom. The van der Waals surface area contributed by atoms with E-state index in [1.54, 1.807) is 0 Å². The Labute approximate surface area is 203 Å². The Kier molecular flexibility index (Phi) is 6.49. The van der Waals surface area contributed by atoms with Gasteiger partial charge in [-0.2, -0.15) is 0 Å². The molecule has 2 heterocycles. The lowest BCUT2D eigenvalue weighted by molar-refractivity contribution is 0.479. The van der Waals surface area contributed by atoms with Crippen LogP contribution in [0, 0.1) is 0 Å². The zero-order valence-corrected chi connectivity index (χ0v) is 19.9. The van der Waals surface area contributed by atoms with Crippen LogP contribution in [0.4, 0.5) is 17.1 Å². The number of para-hydroxylation sites is 1. The van der Waals surface area contributed by atoms with Crippen LogP contribution in [-0.2, 0) is 6.54 Å². The van der Waals surface area contributed by atoms with E-state index >= 15 is 0 Å². The lowest BCUT2D eigenvalue weighted by Gasteiger charge is -2.35. The predicted molar refractivity (Wildman–Crippen MR) is 137 cm³/mol. The highest BCUT2D eigenvalue weighted by atomic mass is 35.5. The van der Waals surface area contributed by atoms with E-state index in [9.17, 15) is 0 Å². The van der Waals surface area contributed by atoms with Crippen LogP contribution in [0.5, 0.6) is 0 Å². The van der Waals surface area contributed by atoms with Crippen LogP contribution in [0.3, 0.4) is 0 Å². The number of hydrogen-bond acceptors (Lipinski definition) is 4. The van der Waals surface area contributed by atoms with Crippen molar-refractivity contribution in [3.8, 4) is 11.1 Å². The lowest BCUT2D eigenvalue weighted by Crippen LogP contribution is -2.37. The van der Waals surface area contributed by atoms with Gasteiger partial charge in [-0.15, -0.1) is 0 Å². The number of hydrogen-bond donors (Lipinski definition) is 3. The first-order valence-electron chi connectivity index (χ1n) is 10.9. The van der Waals surface area contributed by atoms with Gasteiger partial charge in [-0.3, -0.25) is 5.32 Å². The number of rotatable bonds is 4. The molecule has 2 aliphatic heterocycles. The average Bonchev–Trinajstić information content (AvgIpc) is 2.80. The molecule has 0 amide bonds. The van der Waals surface area contributed by atoms with Gasteiger partial charge in [0.1, 0.15) is 0 Å². The van der Waals surface area contributed by atoms with E-state index in [0.717, 1.165) is 65.7 Å². The normalized spacial score (nSPS) is 16.7. The quantitative estimate of drug-likeness (QED) is 0.384. The van der Waals surface area contributed by atoms with Crippen LogP contribution in [0.25, 0.3) is 11.1 Å². The zero-order valence-electron chi connectivity index (χ0n) is 17.6. The molecule has 1 saturated heterocycles. The van der Waals surface area contributed by atoms with Crippen molar-refractivity contribution in [2.75, 3.05) is 30.0 Å². The molecule has 4 nitrogen and oxygen atoms in total. The molecular formula is C25H25Cl3N4. The van der Waals surface area contributed by atoms with Crippen molar-refractivity contribution >= 4 is 51.9 Å². The summed E-state index contributed by atoms with van der Waals surface area (Å²) in [5.74, 6) is 0. The summed E-state index contributed by atoms with van der Waals surface area (Å²) >= 11 is 19.9. The topological polar surface area (TPSA) is 39.3 Å². The molecule has 5 rings (SSSR count). The minimum atomic E-state index is 0.437. The molecule has 0 atom stereocenters. The van der Waals surface area contributed by atoms with E-state index in [1.165, 1.54) is 5.56 Å². The van der Waals surface area contributed by atoms with Gasteiger partial charge in [0.2, 0.25) is 0 Å². The van der Waals surface area contributed by atoms with E-state index in [2.05, 4.69) is 39.0 Å². The third-order valence-electron chi connectivity index (χ3n) is 6.17. The first kappa shape index (κ1) is 21.9. The van der Waals surface area contributed by atoms with E-state index < -0.39 is 0 Å². The van der Waals surface area contributed by atoms with Crippen molar-refractivity contribution in [3.63, 3.8) is 0 Å². The maximum absolute atomic E-state index is 6.64. The molecule has 2 aliphatic rings. The maximum atomic E-state index is 6.64. The first-order valence-corrected chi connectivity index (χ1v) is 12.1. The summed E-state index contributed by atoms with van der Waals surface area (Å²) in [5.41, 5.74) is 6.30. The van der Waals surface area contributed by atoms with Gasteiger partial charge in [-0.25, -0.2) is 0 Å². The highest BCUT2D eigenvalue weighted by Gasteiger charge is 2.26. The Morgan fingerprint density at radius 2 is 1.53 bits per heavy atom. The van der Waals surface area contributed by atoms with Gasteiger partial charge >= 0.3 is 0 Å². The lowest BCUT2D eigenvalue weighted by atomic mass is 9.94. The molecule has 0 bridgehead atoms. The molecule has 166 valence electrons.